The lowest BCUT2D eigenvalue weighted by molar-refractivity contribution is 0.238. The predicted octanol–water partition coefficient (Wildman–Crippen LogP) is 1.89. The topological polar surface area (TPSA) is 46.8 Å². The van der Waals surface area contributed by atoms with Gasteiger partial charge in [-0.05, 0) is 33.0 Å². The molecule has 0 aliphatic carbocycles. The predicted molar refractivity (Wildman–Crippen MR) is 69.8 cm³/mol. The van der Waals surface area contributed by atoms with Crippen molar-refractivity contribution in [3.63, 3.8) is 0 Å². The minimum Gasteiger partial charge on any atom is -0.291 e. The smallest absolute Gasteiger partial charge is 0.141 e. The van der Waals surface area contributed by atoms with Crippen LogP contribution in [0.3, 0.4) is 0 Å². The molecule has 0 unspecified atom stereocenters. The molecule has 2 aromatic heterocycles. The second-order valence-electron chi connectivity index (χ2n) is 4.34. The van der Waals surface area contributed by atoms with Crippen molar-refractivity contribution in [2.24, 2.45) is 0 Å². The van der Waals surface area contributed by atoms with Gasteiger partial charge in [0.05, 0.1) is 12.2 Å². The van der Waals surface area contributed by atoms with Crippen LogP contribution in [-0.2, 0) is 13.1 Å². The van der Waals surface area contributed by atoms with Crippen molar-refractivity contribution >= 4 is 0 Å². The first kappa shape index (κ1) is 12.7. The van der Waals surface area contributed by atoms with Crippen molar-refractivity contribution in [3.05, 3.63) is 42.2 Å². The number of hydrogen-bond acceptors (Lipinski definition) is 4. The third-order valence-corrected chi connectivity index (χ3v) is 3.16. The maximum absolute atomic E-state index is 4.39. The van der Waals surface area contributed by atoms with Gasteiger partial charge in [-0.1, -0.05) is 6.07 Å². The van der Waals surface area contributed by atoms with E-state index in [0.29, 0.717) is 0 Å². The van der Waals surface area contributed by atoms with Gasteiger partial charge in [-0.15, -0.1) is 0 Å². The average molecular weight is 245 g/mol. The fraction of sp³-hybridized carbons (Fsp3) is 0.462. The molecule has 0 N–H and O–H groups in total. The summed E-state index contributed by atoms with van der Waals surface area (Å²) in [6.07, 6.45) is 3.44. The van der Waals surface area contributed by atoms with Gasteiger partial charge in [-0.2, -0.15) is 5.10 Å². The molecule has 2 rings (SSSR count). The van der Waals surface area contributed by atoms with E-state index in [1.54, 1.807) is 6.33 Å². The van der Waals surface area contributed by atoms with Crippen LogP contribution in [-0.4, -0.2) is 31.7 Å². The van der Waals surface area contributed by atoms with E-state index in [-0.39, 0.29) is 6.04 Å². The normalized spacial score (nSPS) is 12.9. The van der Waals surface area contributed by atoms with Crippen LogP contribution in [0.4, 0.5) is 0 Å². The molecule has 2 heterocycles. The lowest BCUT2D eigenvalue weighted by atomic mass is 10.2. The van der Waals surface area contributed by atoms with E-state index in [1.807, 2.05) is 29.1 Å². The fourth-order valence-corrected chi connectivity index (χ4v) is 1.88. The van der Waals surface area contributed by atoms with Gasteiger partial charge in [-0.3, -0.25) is 9.88 Å². The summed E-state index contributed by atoms with van der Waals surface area (Å²) in [5.74, 6) is 0.989. The molecule has 0 aliphatic rings. The summed E-state index contributed by atoms with van der Waals surface area (Å²) in [5, 5.41) is 4.18. The van der Waals surface area contributed by atoms with Crippen LogP contribution in [0.2, 0.25) is 0 Å². The highest BCUT2D eigenvalue weighted by atomic mass is 15.3. The first-order chi connectivity index (χ1) is 8.72. The van der Waals surface area contributed by atoms with Crippen LogP contribution in [0.15, 0.2) is 30.7 Å². The molecule has 0 aliphatic heterocycles. The monoisotopic (exact) mass is 245 g/mol. The minimum absolute atomic E-state index is 0.258. The molecule has 2 aromatic rings. The highest BCUT2D eigenvalue weighted by molar-refractivity contribution is 5.08. The Hall–Kier alpha value is -1.75. The summed E-state index contributed by atoms with van der Waals surface area (Å²) in [4.78, 5) is 10.9. The van der Waals surface area contributed by atoms with Crippen LogP contribution in [0.25, 0.3) is 0 Å². The first-order valence-corrected chi connectivity index (χ1v) is 6.20. The molecule has 0 bridgehead atoms. The van der Waals surface area contributed by atoms with Gasteiger partial charge in [0, 0.05) is 18.8 Å². The van der Waals surface area contributed by atoms with E-state index >= 15 is 0 Å². The molecule has 0 amide bonds. The fourth-order valence-electron chi connectivity index (χ4n) is 1.88. The van der Waals surface area contributed by atoms with Crippen LogP contribution in [0.1, 0.15) is 31.4 Å². The zero-order valence-electron chi connectivity index (χ0n) is 11.1. The Morgan fingerprint density at radius 2 is 2.17 bits per heavy atom. The maximum Gasteiger partial charge on any atom is 0.141 e. The molecule has 1 atom stereocenters. The number of nitrogens with zero attached hydrogens (tertiary/aromatic N) is 5. The Morgan fingerprint density at radius 1 is 1.33 bits per heavy atom. The first-order valence-electron chi connectivity index (χ1n) is 6.20. The number of rotatable bonds is 5. The molecule has 0 radical (unpaired) electrons. The van der Waals surface area contributed by atoms with Crippen LogP contribution >= 0.6 is 0 Å². The molecule has 0 saturated carbocycles. The summed E-state index contributed by atoms with van der Waals surface area (Å²) in [7, 11) is 2.08. The summed E-state index contributed by atoms with van der Waals surface area (Å²) >= 11 is 0. The molecule has 5 nitrogen and oxygen atoms in total. The summed E-state index contributed by atoms with van der Waals surface area (Å²) < 4.78 is 1.92. The van der Waals surface area contributed by atoms with Crippen molar-refractivity contribution in [3.8, 4) is 0 Å². The summed E-state index contributed by atoms with van der Waals surface area (Å²) in [6, 6.07) is 6.25. The van der Waals surface area contributed by atoms with Crippen molar-refractivity contribution in [2.75, 3.05) is 7.05 Å². The van der Waals surface area contributed by atoms with E-state index < -0.39 is 0 Å². The third-order valence-electron chi connectivity index (χ3n) is 3.16. The molecular formula is C13H19N5. The quantitative estimate of drug-likeness (QED) is 0.807. The SMILES string of the molecule is CCn1ncnc1CN(C)[C@@H](C)c1ccccn1. The lowest BCUT2D eigenvalue weighted by Crippen LogP contribution is -2.24. The van der Waals surface area contributed by atoms with Gasteiger partial charge in [-0.25, -0.2) is 9.67 Å². The number of aryl methyl sites for hydroxylation is 1. The molecule has 0 spiro atoms. The summed E-state index contributed by atoms with van der Waals surface area (Å²) in [5.41, 5.74) is 1.07. The van der Waals surface area contributed by atoms with Crippen molar-refractivity contribution in [1.29, 1.82) is 0 Å². The lowest BCUT2D eigenvalue weighted by Gasteiger charge is -2.23. The number of pyridine rings is 1. The van der Waals surface area contributed by atoms with Crippen LogP contribution in [0.5, 0.6) is 0 Å². The van der Waals surface area contributed by atoms with E-state index in [9.17, 15) is 0 Å². The second kappa shape index (κ2) is 5.73. The second-order valence-corrected chi connectivity index (χ2v) is 4.34. The Labute approximate surface area is 107 Å². The Bertz CT molecular complexity index is 479. The standard InChI is InChI=1S/C13H19N5/c1-4-18-13(15-10-16-18)9-17(3)11(2)12-7-5-6-8-14-12/h5-8,10-11H,4,9H2,1-3H3/t11-/m0/s1. The van der Waals surface area contributed by atoms with Crippen molar-refractivity contribution in [1.82, 2.24) is 24.6 Å². The Balaban J connectivity index is 2.06. The van der Waals surface area contributed by atoms with Crippen molar-refractivity contribution in [2.45, 2.75) is 33.0 Å². The van der Waals surface area contributed by atoms with Gasteiger partial charge in [0.2, 0.25) is 0 Å². The van der Waals surface area contributed by atoms with Gasteiger partial charge < -0.3 is 0 Å². The molecule has 0 aromatic carbocycles. The minimum atomic E-state index is 0.258. The Kier molecular flexibility index (Phi) is 4.04. The molecule has 0 saturated heterocycles. The van der Waals surface area contributed by atoms with Crippen LogP contribution in [0, 0.1) is 0 Å². The van der Waals surface area contributed by atoms with Crippen molar-refractivity contribution < 1.29 is 0 Å². The molecule has 96 valence electrons. The third kappa shape index (κ3) is 2.73. The molecular weight excluding hydrogens is 226 g/mol. The van der Waals surface area contributed by atoms with Gasteiger partial charge in [0.1, 0.15) is 12.2 Å². The van der Waals surface area contributed by atoms with E-state index in [0.717, 1.165) is 24.6 Å². The van der Waals surface area contributed by atoms with Gasteiger partial charge >= 0.3 is 0 Å². The van der Waals surface area contributed by atoms with Gasteiger partial charge in [0.25, 0.3) is 0 Å². The highest BCUT2D eigenvalue weighted by Gasteiger charge is 2.15. The largest absolute Gasteiger partial charge is 0.291 e. The zero-order chi connectivity index (χ0) is 13.0. The molecule has 5 heteroatoms. The van der Waals surface area contributed by atoms with E-state index in [2.05, 4.69) is 40.9 Å². The van der Waals surface area contributed by atoms with Crippen LogP contribution < -0.4 is 0 Å². The van der Waals surface area contributed by atoms with Gasteiger partial charge in [0.15, 0.2) is 0 Å². The molecule has 0 fully saturated rings. The average Bonchev–Trinajstić information content (AvgIpc) is 2.86. The van der Waals surface area contributed by atoms with E-state index in [4.69, 9.17) is 0 Å². The highest BCUT2D eigenvalue weighted by Crippen LogP contribution is 2.17. The Morgan fingerprint density at radius 3 is 2.83 bits per heavy atom. The number of hydrogen-bond donors (Lipinski definition) is 0. The zero-order valence-corrected chi connectivity index (χ0v) is 11.1. The summed E-state index contributed by atoms with van der Waals surface area (Å²) in [6.45, 7) is 5.84. The maximum atomic E-state index is 4.39. The number of aromatic nitrogens is 4. The molecule has 18 heavy (non-hydrogen) atoms. The van der Waals surface area contributed by atoms with E-state index in [1.165, 1.54) is 0 Å².